The minimum Gasteiger partial charge on any atom is -0.358 e. The average molecular weight is 326 g/mol. The van der Waals surface area contributed by atoms with E-state index in [4.69, 9.17) is 0 Å². The summed E-state index contributed by atoms with van der Waals surface area (Å²) in [6.07, 6.45) is 5.41. The number of hydrogen-bond donors (Lipinski definition) is 1. The largest absolute Gasteiger partial charge is 0.358 e. The number of aromatic nitrogens is 2. The summed E-state index contributed by atoms with van der Waals surface area (Å²) in [4.78, 5) is 22.9. The van der Waals surface area contributed by atoms with Crippen LogP contribution in [0, 0.1) is 0 Å². The second-order valence-electron chi connectivity index (χ2n) is 6.27. The zero-order valence-corrected chi connectivity index (χ0v) is 14.9. The van der Waals surface area contributed by atoms with Crippen LogP contribution in [0.4, 0.5) is 11.5 Å². The van der Waals surface area contributed by atoms with Crippen molar-refractivity contribution < 1.29 is 4.79 Å². The summed E-state index contributed by atoms with van der Waals surface area (Å²) in [6, 6.07) is 7.87. The third-order valence-electron chi connectivity index (χ3n) is 3.94. The van der Waals surface area contributed by atoms with Gasteiger partial charge < -0.3 is 10.2 Å². The maximum absolute atomic E-state index is 12.3. The molecular weight excluding hydrogens is 300 g/mol. The standard InChI is InChI=1S/C19H26N4O/c1-5-6-11-23(4)18-13-20-17(12-21-18)19(24)22-16-9-7-15(8-10-16)14(2)3/h7-10,12-14H,5-6,11H2,1-4H3,(H,22,24). The molecule has 0 spiro atoms. The molecule has 0 unspecified atom stereocenters. The van der Waals surface area contributed by atoms with Gasteiger partial charge in [-0.2, -0.15) is 0 Å². The number of nitrogens with zero attached hydrogens (tertiary/aromatic N) is 3. The van der Waals surface area contributed by atoms with Gasteiger partial charge in [-0.3, -0.25) is 4.79 Å². The van der Waals surface area contributed by atoms with Crippen LogP contribution in [0.2, 0.25) is 0 Å². The van der Waals surface area contributed by atoms with E-state index in [1.807, 2.05) is 36.2 Å². The van der Waals surface area contributed by atoms with Crippen molar-refractivity contribution in [2.75, 3.05) is 23.8 Å². The molecule has 0 fully saturated rings. The molecule has 0 bridgehead atoms. The van der Waals surface area contributed by atoms with Crippen molar-refractivity contribution in [3.63, 3.8) is 0 Å². The van der Waals surface area contributed by atoms with E-state index >= 15 is 0 Å². The minimum atomic E-state index is -0.248. The van der Waals surface area contributed by atoms with Crippen molar-refractivity contribution in [2.45, 2.75) is 39.5 Å². The van der Waals surface area contributed by atoms with E-state index < -0.39 is 0 Å². The van der Waals surface area contributed by atoms with Crippen molar-refractivity contribution in [2.24, 2.45) is 0 Å². The number of anilines is 2. The van der Waals surface area contributed by atoms with Crippen LogP contribution in [0.3, 0.4) is 0 Å². The smallest absolute Gasteiger partial charge is 0.275 e. The first kappa shape index (κ1) is 17.9. The van der Waals surface area contributed by atoms with Crippen molar-refractivity contribution in [3.8, 4) is 0 Å². The lowest BCUT2D eigenvalue weighted by molar-refractivity contribution is 0.102. The van der Waals surface area contributed by atoms with Gasteiger partial charge in [0.05, 0.1) is 12.4 Å². The molecule has 128 valence electrons. The molecule has 0 aliphatic carbocycles. The number of benzene rings is 1. The maximum Gasteiger partial charge on any atom is 0.275 e. The van der Waals surface area contributed by atoms with Gasteiger partial charge in [-0.1, -0.05) is 39.3 Å². The SMILES string of the molecule is CCCCN(C)c1cnc(C(=O)Nc2ccc(C(C)C)cc2)cn1. The first-order chi connectivity index (χ1) is 11.5. The van der Waals surface area contributed by atoms with Crippen molar-refractivity contribution in [3.05, 3.63) is 47.9 Å². The summed E-state index contributed by atoms with van der Waals surface area (Å²) in [6.45, 7) is 7.37. The summed E-state index contributed by atoms with van der Waals surface area (Å²) in [7, 11) is 1.98. The Hall–Kier alpha value is -2.43. The van der Waals surface area contributed by atoms with Crippen LogP contribution >= 0.6 is 0 Å². The monoisotopic (exact) mass is 326 g/mol. The summed E-state index contributed by atoms with van der Waals surface area (Å²) in [5.74, 6) is 1.00. The highest BCUT2D eigenvalue weighted by Crippen LogP contribution is 2.17. The molecule has 5 nitrogen and oxygen atoms in total. The molecule has 0 atom stereocenters. The molecule has 0 saturated heterocycles. The Morgan fingerprint density at radius 1 is 1.17 bits per heavy atom. The van der Waals surface area contributed by atoms with Crippen LogP contribution in [-0.4, -0.2) is 29.5 Å². The molecule has 1 aromatic carbocycles. The number of carbonyl (C=O) groups is 1. The Bertz CT molecular complexity index is 650. The first-order valence-corrected chi connectivity index (χ1v) is 8.45. The molecule has 24 heavy (non-hydrogen) atoms. The highest BCUT2D eigenvalue weighted by Gasteiger charge is 2.10. The van der Waals surface area contributed by atoms with E-state index in [-0.39, 0.29) is 5.91 Å². The predicted molar refractivity (Wildman–Crippen MR) is 98.7 cm³/mol. The Morgan fingerprint density at radius 3 is 2.42 bits per heavy atom. The molecule has 1 N–H and O–H groups in total. The van der Waals surface area contributed by atoms with Crippen LogP contribution < -0.4 is 10.2 Å². The maximum atomic E-state index is 12.3. The van der Waals surface area contributed by atoms with Gasteiger partial charge in [0, 0.05) is 19.3 Å². The second kappa shape index (κ2) is 8.43. The molecule has 1 heterocycles. The lowest BCUT2D eigenvalue weighted by atomic mass is 10.0. The number of rotatable bonds is 7. The number of amides is 1. The molecule has 0 saturated carbocycles. The van der Waals surface area contributed by atoms with Gasteiger partial charge in [-0.25, -0.2) is 9.97 Å². The quantitative estimate of drug-likeness (QED) is 0.832. The zero-order chi connectivity index (χ0) is 17.5. The Balaban J connectivity index is 1.99. The molecule has 5 heteroatoms. The normalized spacial score (nSPS) is 10.7. The van der Waals surface area contributed by atoms with Crippen LogP contribution in [0.25, 0.3) is 0 Å². The number of hydrogen-bond acceptors (Lipinski definition) is 4. The second-order valence-corrected chi connectivity index (χ2v) is 6.27. The fourth-order valence-corrected chi connectivity index (χ4v) is 2.29. The Labute approximate surface area is 144 Å². The number of nitrogens with one attached hydrogen (secondary N) is 1. The minimum absolute atomic E-state index is 0.248. The van der Waals surface area contributed by atoms with Gasteiger partial charge in [-0.15, -0.1) is 0 Å². The van der Waals surface area contributed by atoms with E-state index in [9.17, 15) is 4.79 Å². The highest BCUT2D eigenvalue weighted by atomic mass is 16.1. The van der Waals surface area contributed by atoms with Gasteiger partial charge in [0.15, 0.2) is 0 Å². The van der Waals surface area contributed by atoms with E-state index in [1.165, 1.54) is 11.8 Å². The lowest BCUT2D eigenvalue weighted by Gasteiger charge is -2.17. The van der Waals surface area contributed by atoms with Crippen LogP contribution in [0.1, 0.15) is 55.6 Å². The average Bonchev–Trinajstić information content (AvgIpc) is 2.60. The molecule has 0 radical (unpaired) electrons. The first-order valence-electron chi connectivity index (χ1n) is 8.45. The summed E-state index contributed by atoms with van der Waals surface area (Å²) in [5.41, 5.74) is 2.32. The molecule has 0 aliphatic heterocycles. The fourth-order valence-electron chi connectivity index (χ4n) is 2.29. The number of carbonyl (C=O) groups excluding carboxylic acids is 1. The fraction of sp³-hybridized carbons (Fsp3) is 0.421. The van der Waals surface area contributed by atoms with Crippen molar-refractivity contribution in [1.82, 2.24) is 9.97 Å². The molecule has 2 aromatic rings. The van der Waals surface area contributed by atoms with E-state index in [0.717, 1.165) is 30.9 Å². The molecule has 1 aromatic heterocycles. The highest BCUT2D eigenvalue weighted by molar-refractivity contribution is 6.02. The van der Waals surface area contributed by atoms with Gasteiger partial charge in [-0.05, 0) is 30.0 Å². The van der Waals surface area contributed by atoms with E-state index in [0.29, 0.717) is 11.6 Å². The van der Waals surface area contributed by atoms with Crippen LogP contribution in [0.5, 0.6) is 0 Å². The van der Waals surface area contributed by atoms with E-state index in [2.05, 4.69) is 36.1 Å². The zero-order valence-electron chi connectivity index (χ0n) is 14.9. The van der Waals surface area contributed by atoms with Crippen molar-refractivity contribution >= 4 is 17.4 Å². The van der Waals surface area contributed by atoms with Gasteiger partial charge in [0.25, 0.3) is 5.91 Å². The molecule has 1 amide bonds. The van der Waals surface area contributed by atoms with Gasteiger partial charge in [0.1, 0.15) is 11.5 Å². The third-order valence-corrected chi connectivity index (χ3v) is 3.94. The number of unbranched alkanes of at least 4 members (excludes halogenated alkanes) is 1. The van der Waals surface area contributed by atoms with E-state index in [1.54, 1.807) is 6.20 Å². The van der Waals surface area contributed by atoms with Gasteiger partial charge >= 0.3 is 0 Å². The predicted octanol–water partition coefficient (Wildman–Crippen LogP) is 4.09. The molecule has 0 aliphatic rings. The summed E-state index contributed by atoms with van der Waals surface area (Å²) < 4.78 is 0. The summed E-state index contributed by atoms with van der Waals surface area (Å²) >= 11 is 0. The summed E-state index contributed by atoms with van der Waals surface area (Å²) in [5, 5.41) is 2.85. The Kier molecular flexibility index (Phi) is 6.29. The van der Waals surface area contributed by atoms with Gasteiger partial charge in [0.2, 0.25) is 0 Å². The van der Waals surface area contributed by atoms with Crippen LogP contribution in [0.15, 0.2) is 36.7 Å². The van der Waals surface area contributed by atoms with Crippen molar-refractivity contribution in [1.29, 1.82) is 0 Å². The molecular formula is C19H26N4O. The third kappa shape index (κ3) is 4.78. The topological polar surface area (TPSA) is 58.1 Å². The molecule has 2 rings (SSSR count). The van der Waals surface area contributed by atoms with Crippen LogP contribution in [-0.2, 0) is 0 Å². The Morgan fingerprint density at radius 2 is 1.88 bits per heavy atom. The lowest BCUT2D eigenvalue weighted by Crippen LogP contribution is -2.21.